The molecule has 0 aliphatic carbocycles. The quantitative estimate of drug-likeness (QED) is 0.0416. The molecule has 1 N–H and O–H groups in total. The van der Waals surface area contributed by atoms with Crippen molar-refractivity contribution in [2.24, 2.45) is 0 Å². The third kappa shape index (κ3) is 6.93. The van der Waals surface area contributed by atoms with Crippen molar-refractivity contribution >= 4 is 45.7 Å². The van der Waals surface area contributed by atoms with Crippen LogP contribution in [0.4, 0.5) is 5.13 Å². The summed E-state index contributed by atoms with van der Waals surface area (Å²) in [6, 6.07) is 17.4. The van der Waals surface area contributed by atoms with Crippen LogP contribution in [0, 0.1) is 6.92 Å². The third-order valence-corrected chi connectivity index (χ3v) is 9.81. The topological polar surface area (TPSA) is 120 Å². The average molecular weight is 674 g/mol. The summed E-state index contributed by atoms with van der Waals surface area (Å²) >= 11 is 2.71. The lowest BCUT2D eigenvalue weighted by atomic mass is 9.95. The number of carbonyl (C=O) groups excluding carboxylic acids is 2. The number of Topliss-reactive ketones (excluding diaryl/α,β-unsaturated/α-hetero) is 1. The van der Waals surface area contributed by atoms with Gasteiger partial charge in [0.2, 0.25) is 5.13 Å². The number of fused-ring (bicyclic) bond motifs is 1. The predicted molar refractivity (Wildman–Crippen MR) is 181 cm³/mol. The molecular weight excluding hydrogens is 639 g/mol. The minimum Gasteiger partial charge on any atom is -0.507 e. The maximum absolute atomic E-state index is 13.8. The smallest absolute Gasteiger partial charge is 0.301 e. The maximum Gasteiger partial charge on any atom is 0.301 e. The summed E-state index contributed by atoms with van der Waals surface area (Å²) in [5.41, 5.74) is 3.07. The van der Waals surface area contributed by atoms with E-state index in [1.807, 2.05) is 13.8 Å². The molecule has 10 nitrogen and oxygen atoms in total. The Morgan fingerprint density at radius 2 is 1.77 bits per heavy atom. The van der Waals surface area contributed by atoms with E-state index in [1.54, 1.807) is 36.4 Å². The van der Waals surface area contributed by atoms with Crippen molar-refractivity contribution in [3.05, 3.63) is 88.5 Å². The number of rotatable bonds is 12. The maximum atomic E-state index is 13.8. The molecule has 0 bridgehead atoms. The zero-order valence-corrected chi connectivity index (χ0v) is 28.0. The van der Waals surface area contributed by atoms with Crippen molar-refractivity contribution in [1.29, 1.82) is 0 Å². The van der Waals surface area contributed by atoms with E-state index in [9.17, 15) is 14.7 Å². The molecule has 2 aliphatic rings. The number of aliphatic hydroxyl groups is 1. The second-order valence-electron chi connectivity index (χ2n) is 11.0. The van der Waals surface area contributed by atoms with Crippen LogP contribution in [0.2, 0.25) is 0 Å². The molecule has 1 unspecified atom stereocenters. The number of thioether (sulfide) groups is 1. The Labute approximate surface area is 281 Å². The van der Waals surface area contributed by atoms with Gasteiger partial charge in [-0.3, -0.25) is 14.5 Å². The van der Waals surface area contributed by atoms with Crippen LogP contribution in [0.25, 0.3) is 5.76 Å². The molecule has 47 heavy (non-hydrogen) atoms. The second-order valence-corrected chi connectivity index (χ2v) is 13.2. The van der Waals surface area contributed by atoms with Gasteiger partial charge in [-0.15, -0.1) is 10.2 Å². The molecule has 3 heterocycles. The van der Waals surface area contributed by atoms with Crippen molar-refractivity contribution in [1.82, 2.24) is 10.2 Å². The number of aliphatic hydroxyl groups excluding tert-OH is 1. The summed E-state index contributed by atoms with van der Waals surface area (Å²) in [6.07, 6.45) is 1.86. The molecule has 3 aromatic carbocycles. The monoisotopic (exact) mass is 673 g/mol. The molecule has 12 heteroatoms. The number of carbonyl (C=O) groups is 2. The van der Waals surface area contributed by atoms with Gasteiger partial charge in [0.05, 0.1) is 24.8 Å². The molecule has 0 spiro atoms. The molecule has 1 aromatic heterocycles. The zero-order chi connectivity index (χ0) is 32.9. The van der Waals surface area contributed by atoms with E-state index in [0.717, 1.165) is 18.4 Å². The van der Waals surface area contributed by atoms with Gasteiger partial charge in [0.1, 0.15) is 19.0 Å². The van der Waals surface area contributed by atoms with Crippen LogP contribution < -0.4 is 23.8 Å². The lowest BCUT2D eigenvalue weighted by molar-refractivity contribution is -0.132. The van der Waals surface area contributed by atoms with Gasteiger partial charge in [-0.2, -0.15) is 0 Å². The van der Waals surface area contributed by atoms with Crippen LogP contribution in [0.3, 0.4) is 0 Å². The number of ether oxygens (including phenoxy) is 4. The molecule has 1 fully saturated rings. The van der Waals surface area contributed by atoms with Crippen LogP contribution in [0.15, 0.2) is 70.6 Å². The fourth-order valence-electron chi connectivity index (χ4n) is 5.29. The Kier molecular flexibility index (Phi) is 9.98. The van der Waals surface area contributed by atoms with E-state index in [1.165, 1.54) is 33.6 Å². The van der Waals surface area contributed by atoms with Gasteiger partial charge in [0.25, 0.3) is 5.78 Å². The summed E-state index contributed by atoms with van der Waals surface area (Å²) in [7, 11) is 0. The fourth-order valence-corrected chi connectivity index (χ4v) is 7.11. The Bertz CT molecular complexity index is 1810. The molecule has 0 saturated carbocycles. The average Bonchev–Trinajstić information content (AvgIpc) is 3.66. The molecule has 6 rings (SSSR count). The van der Waals surface area contributed by atoms with E-state index < -0.39 is 17.7 Å². The molecule has 1 atom stereocenters. The lowest BCUT2D eigenvalue weighted by Crippen LogP contribution is -2.29. The highest BCUT2D eigenvalue weighted by Gasteiger charge is 2.48. The molecule has 4 aromatic rings. The van der Waals surface area contributed by atoms with E-state index >= 15 is 0 Å². The number of aromatic nitrogens is 2. The Hall–Kier alpha value is -4.55. The van der Waals surface area contributed by atoms with Gasteiger partial charge >= 0.3 is 5.91 Å². The largest absolute Gasteiger partial charge is 0.507 e. The van der Waals surface area contributed by atoms with Crippen molar-refractivity contribution in [2.45, 2.75) is 49.7 Å². The van der Waals surface area contributed by atoms with Crippen molar-refractivity contribution in [3.63, 3.8) is 0 Å². The van der Waals surface area contributed by atoms with Crippen LogP contribution in [0.5, 0.6) is 23.0 Å². The van der Waals surface area contributed by atoms with Crippen molar-refractivity contribution < 1.29 is 33.6 Å². The predicted octanol–water partition coefficient (Wildman–Crippen LogP) is 7.11. The van der Waals surface area contributed by atoms with Gasteiger partial charge in [0.15, 0.2) is 27.3 Å². The number of aryl methyl sites for hydroxylation is 1. The summed E-state index contributed by atoms with van der Waals surface area (Å²) in [4.78, 5) is 28.9. The van der Waals surface area contributed by atoms with Crippen LogP contribution >= 0.6 is 23.1 Å². The van der Waals surface area contributed by atoms with Gasteiger partial charge in [-0.25, -0.2) is 0 Å². The van der Waals surface area contributed by atoms with Gasteiger partial charge < -0.3 is 24.1 Å². The first-order chi connectivity index (χ1) is 22.9. The highest BCUT2D eigenvalue weighted by molar-refractivity contribution is 8.00. The summed E-state index contributed by atoms with van der Waals surface area (Å²) in [5.74, 6) is 0.670. The van der Waals surface area contributed by atoms with E-state index in [-0.39, 0.29) is 16.5 Å². The summed E-state index contributed by atoms with van der Waals surface area (Å²) in [6.45, 7) is 7.66. The van der Waals surface area contributed by atoms with Crippen LogP contribution in [0.1, 0.15) is 55.0 Å². The Morgan fingerprint density at radius 3 is 2.53 bits per heavy atom. The van der Waals surface area contributed by atoms with Crippen molar-refractivity contribution in [3.8, 4) is 23.0 Å². The number of hydrogen-bond donors (Lipinski definition) is 1. The second kappa shape index (κ2) is 14.5. The molecule has 2 aliphatic heterocycles. The molecule has 0 radical (unpaired) electrons. The lowest BCUT2D eigenvalue weighted by Gasteiger charge is -2.24. The van der Waals surface area contributed by atoms with Crippen molar-refractivity contribution in [2.75, 3.05) is 31.3 Å². The molecule has 1 saturated heterocycles. The van der Waals surface area contributed by atoms with Gasteiger partial charge in [0, 0.05) is 11.3 Å². The fraction of sp³-hybridized carbons (Fsp3) is 0.314. The normalized spacial score (nSPS) is 16.8. The van der Waals surface area contributed by atoms with E-state index in [2.05, 4.69) is 41.4 Å². The minimum atomic E-state index is -1.02. The Balaban J connectivity index is 1.41. The SMILES string of the molecule is CCCCOc1ccc(C2/C(=C(\O)c3ccc4c(c3)OCCO4)C(=O)C(=O)N2c2nnc(SCc3ccc(C)cc3)s2)cc1OCC. The van der Waals surface area contributed by atoms with Gasteiger partial charge in [-0.1, -0.05) is 72.3 Å². The zero-order valence-electron chi connectivity index (χ0n) is 26.4. The number of hydrogen-bond acceptors (Lipinski definition) is 11. The van der Waals surface area contributed by atoms with Crippen LogP contribution in [-0.2, 0) is 15.3 Å². The molecule has 244 valence electrons. The van der Waals surface area contributed by atoms with E-state index in [0.29, 0.717) is 70.6 Å². The summed E-state index contributed by atoms with van der Waals surface area (Å²) < 4.78 is 23.9. The van der Waals surface area contributed by atoms with E-state index in [4.69, 9.17) is 18.9 Å². The standard InChI is InChI=1S/C35H35N3O7S2/c1-4-6-15-43-25-13-11-23(18-27(25)42-5-2)30-29(31(39)24-12-14-26-28(19-24)45-17-16-44-26)32(40)33(41)38(30)34-36-37-35(47-34)46-20-22-9-7-21(3)8-10-22/h7-14,18-19,30,39H,4-6,15-17,20H2,1-3H3/b31-29+. The Morgan fingerprint density at radius 1 is 0.979 bits per heavy atom. The first-order valence-corrected chi connectivity index (χ1v) is 17.3. The first-order valence-electron chi connectivity index (χ1n) is 15.5. The highest BCUT2D eigenvalue weighted by atomic mass is 32.2. The number of unbranched alkanes of at least 4 members (excludes halogenated alkanes) is 1. The number of ketones is 1. The number of anilines is 1. The summed E-state index contributed by atoms with van der Waals surface area (Å²) in [5, 5.41) is 20.6. The molecular formula is C35H35N3O7S2. The number of benzene rings is 3. The third-order valence-electron chi connectivity index (χ3n) is 7.68. The molecule has 1 amide bonds. The van der Waals surface area contributed by atoms with Gasteiger partial charge in [-0.05, 0) is 61.7 Å². The minimum absolute atomic E-state index is 0.0853. The first kappa shape index (κ1) is 32.4. The number of nitrogens with zero attached hydrogens (tertiary/aromatic N) is 3. The highest BCUT2D eigenvalue weighted by Crippen LogP contribution is 2.46. The van der Waals surface area contributed by atoms with Crippen LogP contribution in [-0.4, -0.2) is 53.4 Å². The number of amides is 1.